The Morgan fingerprint density at radius 2 is 2.00 bits per heavy atom. The van der Waals surface area contributed by atoms with Gasteiger partial charge in [-0.15, -0.1) is 0 Å². The number of aryl methyl sites for hydroxylation is 2. The van der Waals surface area contributed by atoms with Crippen LogP contribution in [0, 0.1) is 13.8 Å². The quantitative estimate of drug-likeness (QED) is 0.902. The number of hydrogen-bond donors (Lipinski definition) is 1. The van der Waals surface area contributed by atoms with E-state index in [1.54, 1.807) is 13.0 Å². The van der Waals surface area contributed by atoms with Gasteiger partial charge >= 0.3 is 0 Å². The number of benzene rings is 1. The van der Waals surface area contributed by atoms with Crippen molar-refractivity contribution in [3.8, 4) is 0 Å². The highest BCUT2D eigenvalue weighted by molar-refractivity contribution is 7.91. The van der Waals surface area contributed by atoms with Gasteiger partial charge in [0, 0.05) is 12.6 Å². The molecule has 3 rings (SSSR count). The first-order chi connectivity index (χ1) is 11.7. The second-order valence-electron chi connectivity index (χ2n) is 6.71. The zero-order chi connectivity index (χ0) is 18.4. The zero-order valence-corrected chi connectivity index (χ0v) is 15.4. The van der Waals surface area contributed by atoms with E-state index in [0.717, 1.165) is 22.0 Å². The first-order valence-corrected chi connectivity index (χ1v) is 10.2. The lowest BCUT2D eigenvalue weighted by atomic mass is 10.0. The highest BCUT2D eigenvalue weighted by atomic mass is 32.2. The fraction of sp³-hybridized carbons (Fsp3) is 0.444. The van der Waals surface area contributed by atoms with E-state index < -0.39 is 21.3 Å². The summed E-state index contributed by atoms with van der Waals surface area (Å²) >= 11 is 0. The molecule has 0 bridgehead atoms. The molecular weight excluding hydrogens is 340 g/mol. The lowest BCUT2D eigenvalue weighted by Gasteiger charge is -2.26. The summed E-state index contributed by atoms with van der Waals surface area (Å²) in [4.78, 5) is 29.7. The molecule has 1 aromatic heterocycles. The molecule has 0 radical (unpaired) electrons. The molecule has 1 atom stereocenters. The number of nitrogens with zero attached hydrogens (tertiary/aromatic N) is 1. The molecule has 1 aromatic carbocycles. The number of carbonyl (C=O) groups is 1. The molecule has 0 aliphatic carbocycles. The van der Waals surface area contributed by atoms with Crippen molar-refractivity contribution >= 4 is 26.6 Å². The van der Waals surface area contributed by atoms with Gasteiger partial charge in [-0.3, -0.25) is 9.59 Å². The van der Waals surface area contributed by atoms with Gasteiger partial charge in [0.15, 0.2) is 9.84 Å². The van der Waals surface area contributed by atoms with Crippen molar-refractivity contribution in [3.63, 3.8) is 0 Å². The Bertz CT molecular complexity index is 1010. The van der Waals surface area contributed by atoms with E-state index in [1.165, 1.54) is 4.90 Å². The number of H-pyrrole nitrogens is 1. The first-order valence-electron chi connectivity index (χ1n) is 8.37. The number of pyridine rings is 1. The summed E-state index contributed by atoms with van der Waals surface area (Å²) in [6.45, 7) is 6.03. The van der Waals surface area contributed by atoms with Crippen molar-refractivity contribution in [3.05, 3.63) is 45.2 Å². The van der Waals surface area contributed by atoms with Crippen molar-refractivity contribution in [2.45, 2.75) is 33.2 Å². The summed E-state index contributed by atoms with van der Waals surface area (Å²) in [6, 6.07) is 5.15. The highest BCUT2D eigenvalue weighted by Gasteiger charge is 2.34. The molecule has 1 N–H and O–H groups in total. The van der Waals surface area contributed by atoms with Crippen LogP contribution in [-0.2, 0) is 9.84 Å². The Hall–Kier alpha value is -2.15. The number of aromatic amines is 1. The minimum Gasteiger partial charge on any atom is -0.335 e. The summed E-state index contributed by atoms with van der Waals surface area (Å²) in [5.74, 6) is -0.351. The summed E-state index contributed by atoms with van der Waals surface area (Å²) in [5.41, 5.74) is 2.33. The van der Waals surface area contributed by atoms with Gasteiger partial charge in [-0.05, 0) is 50.3 Å². The number of amides is 1. The smallest absolute Gasteiger partial charge is 0.261 e. The van der Waals surface area contributed by atoms with Gasteiger partial charge in [0.2, 0.25) is 0 Å². The van der Waals surface area contributed by atoms with Gasteiger partial charge in [-0.1, -0.05) is 11.6 Å². The van der Waals surface area contributed by atoms with Crippen LogP contribution in [0.4, 0.5) is 0 Å². The SMILES string of the molecule is CCN(C(=O)c1cc2cc(C)cc(C)c2[nH]c1=O)C1CCS(=O)(=O)C1. The van der Waals surface area contributed by atoms with Gasteiger partial charge in [-0.2, -0.15) is 0 Å². The molecule has 1 saturated heterocycles. The number of nitrogens with one attached hydrogen (secondary N) is 1. The fourth-order valence-electron chi connectivity index (χ4n) is 3.59. The second kappa shape index (κ2) is 6.29. The van der Waals surface area contributed by atoms with Crippen molar-refractivity contribution in [2.24, 2.45) is 0 Å². The van der Waals surface area contributed by atoms with Gasteiger partial charge in [0.1, 0.15) is 5.56 Å². The van der Waals surface area contributed by atoms with Crippen molar-refractivity contribution in [2.75, 3.05) is 18.1 Å². The maximum absolute atomic E-state index is 12.9. The van der Waals surface area contributed by atoms with E-state index >= 15 is 0 Å². The van der Waals surface area contributed by atoms with Crippen LogP contribution in [0.25, 0.3) is 10.9 Å². The van der Waals surface area contributed by atoms with Gasteiger partial charge in [0.05, 0.1) is 17.0 Å². The molecule has 1 aliphatic heterocycles. The number of hydrogen-bond acceptors (Lipinski definition) is 4. The monoisotopic (exact) mass is 362 g/mol. The topological polar surface area (TPSA) is 87.3 Å². The Morgan fingerprint density at radius 1 is 1.28 bits per heavy atom. The Balaban J connectivity index is 2.04. The lowest BCUT2D eigenvalue weighted by Crippen LogP contribution is -2.42. The summed E-state index contributed by atoms with van der Waals surface area (Å²) in [5, 5.41) is 0.801. The standard InChI is InChI=1S/C18H22N2O4S/c1-4-20(14-5-6-25(23,24)10-14)18(22)15-9-13-8-11(2)7-12(3)16(13)19-17(15)21/h7-9,14H,4-6,10H2,1-3H3,(H,19,21). The average molecular weight is 362 g/mol. The first kappa shape index (κ1) is 17.7. The van der Waals surface area contributed by atoms with Crippen LogP contribution < -0.4 is 5.56 Å². The van der Waals surface area contributed by atoms with E-state index in [9.17, 15) is 18.0 Å². The molecular formula is C18H22N2O4S. The molecule has 2 heterocycles. The molecule has 0 saturated carbocycles. The minimum absolute atomic E-state index is 0.0315. The summed E-state index contributed by atoms with van der Waals surface area (Å²) in [6.07, 6.45) is 0.422. The summed E-state index contributed by atoms with van der Waals surface area (Å²) < 4.78 is 23.5. The lowest BCUT2D eigenvalue weighted by molar-refractivity contribution is 0.0707. The van der Waals surface area contributed by atoms with Crippen LogP contribution in [0.15, 0.2) is 23.0 Å². The molecule has 134 valence electrons. The largest absolute Gasteiger partial charge is 0.335 e. The fourth-order valence-corrected chi connectivity index (χ4v) is 5.32. The van der Waals surface area contributed by atoms with Crippen molar-refractivity contribution < 1.29 is 13.2 Å². The Labute approximate surface area is 146 Å². The Kier molecular flexibility index (Phi) is 4.45. The minimum atomic E-state index is -3.10. The second-order valence-corrected chi connectivity index (χ2v) is 8.93. The van der Waals surface area contributed by atoms with Crippen LogP contribution in [0.5, 0.6) is 0 Å². The third-order valence-electron chi connectivity index (χ3n) is 4.77. The van der Waals surface area contributed by atoms with Gasteiger partial charge in [0.25, 0.3) is 11.5 Å². The zero-order valence-electron chi connectivity index (χ0n) is 14.6. The van der Waals surface area contributed by atoms with Crippen LogP contribution in [0.1, 0.15) is 34.8 Å². The molecule has 1 aliphatic rings. The molecule has 6 nitrogen and oxygen atoms in total. The van der Waals surface area contributed by atoms with E-state index in [2.05, 4.69) is 4.98 Å². The normalized spacial score (nSPS) is 19.2. The third-order valence-corrected chi connectivity index (χ3v) is 6.52. The molecule has 2 aromatic rings. The highest BCUT2D eigenvalue weighted by Crippen LogP contribution is 2.21. The number of sulfone groups is 1. The predicted octanol–water partition coefficient (Wildman–Crippen LogP) is 1.79. The van der Waals surface area contributed by atoms with E-state index in [-0.39, 0.29) is 23.1 Å². The van der Waals surface area contributed by atoms with Crippen molar-refractivity contribution in [1.82, 2.24) is 9.88 Å². The average Bonchev–Trinajstić information content (AvgIpc) is 2.88. The van der Waals surface area contributed by atoms with Crippen LogP contribution >= 0.6 is 0 Å². The predicted molar refractivity (Wildman–Crippen MR) is 97.8 cm³/mol. The number of carbonyl (C=O) groups excluding carboxylic acids is 1. The summed E-state index contributed by atoms with van der Waals surface area (Å²) in [7, 11) is -3.10. The van der Waals surface area contributed by atoms with Crippen molar-refractivity contribution in [1.29, 1.82) is 0 Å². The maximum atomic E-state index is 12.9. The van der Waals surface area contributed by atoms with Gasteiger partial charge in [-0.25, -0.2) is 8.42 Å². The molecule has 1 fully saturated rings. The maximum Gasteiger partial charge on any atom is 0.261 e. The van der Waals surface area contributed by atoms with E-state index in [4.69, 9.17) is 0 Å². The van der Waals surface area contributed by atoms with Gasteiger partial charge < -0.3 is 9.88 Å². The van der Waals surface area contributed by atoms with E-state index in [1.807, 2.05) is 26.0 Å². The number of fused-ring (bicyclic) bond motifs is 1. The number of aromatic nitrogens is 1. The van der Waals surface area contributed by atoms with E-state index in [0.29, 0.717) is 13.0 Å². The Morgan fingerprint density at radius 3 is 2.60 bits per heavy atom. The molecule has 0 spiro atoms. The molecule has 1 amide bonds. The van der Waals surface area contributed by atoms with Crippen LogP contribution in [0.2, 0.25) is 0 Å². The van der Waals surface area contributed by atoms with Crippen LogP contribution in [0.3, 0.4) is 0 Å². The number of rotatable bonds is 3. The van der Waals surface area contributed by atoms with Crippen LogP contribution in [-0.4, -0.2) is 48.3 Å². The molecule has 7 heteroatoms. The molecule has 25 heavy (non-hydrogen) atoms. The molecule has 1 unspecified atom stereocenters. The third kappa shape index (κ3) is 3.33.